The normalized spacial score (nSPS) is 11.1. The van der Waals surface area contributed by atoms with E-state index in [2.05, 4.69) is 10.6 Å². The van der Waals surface area contributed by atoms with Crippen molar-refractivity contribution in [2.24, 2.45) is 0 Å². The van der Waals surface area contributed by atoms with Gasteiger partial charge in [-0.3, -0.25) is 13.9 Å². The van der Waals surface area contributed by atoms with Crippen molar-refractivity contribution in [3.8, 4) is 0 Å². The van der Waals surface area contributed by atoms with E-state index < -0.39 is 22.5 Å². The van der Waals surface area contributed by atoms with Gasteiger partial charge in [0.05, 0.1) is 21.8 Å². The van der Waals surface area contributed by atoms with Crippen LogP contribution in [-0.4, -0.2) is 47.0 Å². The zero-order valence-corrected chi connectivity index (χ0v) is 22.4. The van der Waals surface area contributed by atoms with Gasteiger partial charge in [0.1, 0.15) is 6.54 Å². The molecule has 37 heavy (non-hydrogen) atoms. The highest BCUT2D eigenvalue weighted by molar-refractivity contribution is 7.92. The first-order chi connectivity index (χ1) is 17.6. The summed E-state index contributed by atoms with van der Waals surface area (Å²) in [5.41, 5.74) is 3.50. The SMILES string of the molecule is COCCCNC(=O)c1ccccc1NC(=O)CN(c1cc(C)ccc1C)S(=O)(=O)c1ccc(C)cc1. The third kappa shape index (κ3) is 7.18. The topological polar surface area (TPSA) is 105 Å². The maximum atomic E-state index is 13.7. The number of aryl methyl sites for hydroxylation is 3. The fraction of sp³-hybridized carbons (Fsp3) is 0.286. The predicted octanol–water partition coefficient (Wildman–Crippen LogP) is 4.21. The number of carbonyl (C=O) groups excluding carboxylic acids is 2. The van der Waals surface area contributed by atoms with Crippen molar-refractivity contribution in [2.75, 3.05) is 36.4 Å². The fourth-order valence-corrected chi connectivity index (χ4v) is 5.23. The number of para-hydroxylation sites is 1. The maximum Gasteiger partial charge on any atom is 0.264 e. The number of nitrogens with one attached hydrogen (secondary N) is 2. The summed E-state index contributed by atoms with van der Waals surface area (Å²) in [5, 5.41) is 5.53. The average molecular weight is 524 g/mol. The van der Waals surface area contributed by atoms with Crippen LogP contribution < -0.4 is 14.9 Å². The molecule has 3 aromatic carbocycles. The molecule has 0 radical (unpaired) electrons. The van der Waals surface area contributed by atoms with E-state index in [0.717, 1.165) is 15.4 Å². The molecular weight excluding hydrogens is 490 g/mol. The summed E-state index contributed by atoms with van der Waals surface area (Å²) < 4.78 is 33.5. The smallest absolute Gasteiger partial charge is 0.264 e. The molecule has 3 rings (SSSR count). The predicted molar refractivity (Wildman–Crippen MR) is 146 cm³/mol. The second-order valence-corrected chi connectivity index (χ2v) is 10.7. The number of benzene rings is 3. The highest BCUT2D eigenvalue weighted by Crippen LogP contribution is 2.28. The molecule has 0 atom stereocenters. The first-order valence-electron chi connectivity index (χ1n) is 12.0. The molecule has 0 unspecified atom stereocenters. The summed E-state index contributed by atoms with van der Waals surface area (Å²) in [4.78, 5) is 26.0. The van der Waals surface area contributed by atoms with Crippen LogP contribution in [0.15, 0.2) is 71.6 Å². The summed E-state index contributed by atoms with van der Waals surface area (Å²) in [6.07, 6.45) is 0.651. The van der Waals surface area contributed by atoms with Gasteiger partial charge < -0.3 is 15.4 Å². The van der Waals surface area contributed by atoms with E-state index in [1.165, 1.54) is 12.1 Å². The van der Waals surface area contributed by atoms with Crippen LogP contribution >= 0.6 is 0 Å². The minimum absolute atomic E-state index is 0.0858. The largest absolute Gasteiger partial charge is 0.385 e. The lowest BCUT2D eigenvalue weighted by molar-refractivity contribution is -0.114. The quantitative estimate of drug-likeness (QED) is 0.366. The average Bonchev–Trinajstić information content (AvgIpc) is 2.87. The Bertz CT molecular complexity index is 1350. The van der Waals surface area contributed by atoms with Gasteiger partial charge in [0.25, 0.3) is 15.9 Å². The summed E-state index contributed by atoms with van der Waals surface area (Å²) in [6.45, 7) is 6.00. The van der Waals surface area contributed by atoms with Gasteiger partial charge in [-0.1, -0.05) is 42.0 Å². The second kappa shape index (κ2) is 12.5. The Morgan fingerprint density at radius 3 is 2.30 bits per heavy atom. The number of rotatable bonds is 11. The van der Waals surface area contributed by atoms with E-state index in [-0.39, 0.29) is 16.4 Å². The summed E-state index contributed by atoms with van der Waals surface area (Å²) in [5.74, 6) is -0.915. The van der Waals surface area contributed by atoms with Crippen LogP contribution in [-0.2, 0) is 19.6 Å². The van der Waals surface area contributed by atoms with Crippen LogP contribution in [0.1, 0.15) is 33.5 Å². The number of anilines is 2. The van der Waals surface area contributed by atoms with Crippen LogP contribution in [0.2, 0.25) is 0 Å². The number of hydrogen-bond acceptors (Lipinski definition) is 5. The molecule has 0 saturated heterocycles. The van der Waals surface area contributed by atoms with Crippen molar-refractivity contribution in [3.63, 3.8) is 0 Å². The van der Waals surface area contributed by atoms with Crippen molar-refractivity contribution in [2.45, 2.75) is 32.1 Å². The van der Waals surface area contributed by atoms with Gasteiger partial charge in [0.15, 0.2) is 0 Å². The Balaban J connectivity index is 1.90. The number of methoxy groups -OCH3 is 1. The molecule has 2 amide bonds. The van der Waals surface area contributed by atoms with Gasteiger partial charge in [-0.15, -0.1) is 0 Å². The zero-order chi connectivity index (χ0) is 27.0. The van der Waals surface area contributed by atoms with Crippen LogP contribution in [0.3, 0.4) is 0 Å². The van der Waals surface area contributed by atoms with Crippen LogP contribution in [0.5, 0.6) is 0 Å². The Hall–Kier alpha value is -3.69. The van der Waals surface area contributed by atoms with Crippen molar-refractivity contribution in [1.82, 2.24) is 5.32 Å². The molecule has 0 aliphatic rings. The third-order valence-corrected chi connectivity index (χ3v) is 7.56. The molecule has 0 spiro atoms. The molecule has 9 heteroatoms. The Kier molecular flexibility index (Phi) is 9.43. The molecule has 2 N–H and O–H groups in total. The summed E-state index contributed by atoms with van der Waals surface area (Å²) in [7, 11) is -2.47. The Morgan fingerprint density at radius 1 is 0.919 bits per heavy atom. The molecule has 8 nitrogen and oxygen atoms in total. The van der Waals surface area contributed by atoms with E-state index >= 15 is 0 Å². The lowest BCUT2D eigenvalue weighted by atomic mass is 10.1. The van der Waals surface area contributed by atoms with E-state index in [0.29, 0.717) is 36.5 Å². The van der Waals surface area contributed by atoms with Crippen molar-refractivity contribution in [3.05, 3.63) is 89.0 Å². The Labute approximate surface area is 218 Å². The lowest BCUT2D eigenvalue weighted by Crippen LogP contribution is -2.39. The van der Waals surface area contributed by atoms with E-state index in [1.807, 2.05) is 26.0 Å². The molecule has 0 fully saturated rings. The number of carbonyl (C=O) groups is 2. The first-order valence-corrected chi connectivity index (χ1v) is 13.4. The standard InChI is InChI=1S/C28H33N3O5S/c1-20-11-14-23(15-12-20)37(34,35)31(26-18-21(2)10-13-22(26)3)19-27(32)30-25-9-6-5-8-24(25)28(33)29-16-7-17-36-4/h5-6,8-15,18H,7,16-17,19H2,1-4H3,(H,29,33)(H,30,32). The molecule has 0 aromatic heterocycles. The highest BCUT2D eigenvalue weighted by Gasteiger charge is 2.29. The zero-order valence-electron chi connectivity index (χ0n) is 21.6. The number of sulfonamides is 1. The van der Waals surface area contributed by atoms with Gasteiger partial charge in [0, 0.05) is 20.3 Å². The molecular formula is C28H33N3O5S. The van der Waals surface area contributed by atoms with E-state index in [1.54, 1.807) is 56.5 Å². The van der Waals surface area contributed by atoms with Crippen LogP contribution in [0, 0.1) is 20.8 Å². The van der Waals surface area contributed by atoms with Gasteiger partial charge in [-0.05, 0) is 68.7 Å². The van der Waals surface area contributed by atoms with Crippen molar-refractivity contribution >= 4 is 33.2 Å². The number of ether oxygens (including phenoxy) is 1. The monoisotopic (exact) mass is 523 g/mol. The molecule has 0 heterocycles. The highest BCUT2D eigenvalue weighted by atomic mass is 32.2. The molecule has 0 aliphatic heterocycles. The molecule has 0 saturated carbocycles. The summed E-state index contributed by atoms with van der Waals surface area (Å²) >= 11 is 0. The minimum atomic E-state index is -4.06. The second-order valence-electron chi connectivity index (χ2n) is 8.81. The van der Waals surface area contributed by atoms with Crippen LogP contribution in [0.25, 0.3) is 0 Å². The molecule has 3 aromatic rings. The van der Waals surface area contributed by atoms with E-state index in [9.17, 15) is 18.0 Å². The van der Waals surface area contributed by atoms with Crippen molar-refractivity contribution < 1.29 is 22.7 Å². The summed E-state index contributed by atoms with van der Waals surface area (Å²) in [6, 6.07) is 18.6. The van der Waals surface area contributed by atoms with Crippen LogP contribution in [0.4, 0.5) is 11.4 Å². The van der Waals surface area contributed by atoms with Crippen molar-refractivity contribution in [1.29, 1.82) is 0 Å². The molecule has 196 valence electrons. The number of nitrogens with zero attached hydrogens (tertiary/aromatic N) is 1. The minimum Gasteiger partial charge on any atom is -0.385 e. The molecule has 0 bridgehead atoms. The fourth-order valence-electron chi connectivity index (χ4n) is 3.75. The maximum absolute atomic E-state index is 13.7. The van der Waals surface area contributed by atoms with Gasteiger partial charge in [0.2, 0.25) is 5.91 Å². The van der Waals surface area contributed by atoms with Gasteiger partial charge in [-0.25, -0.2) is 8.42 Å². The van der Waals surface area contributed by atoms with E-state index in [4.69, 9.17) is 4.74 Å². The number of hydrogen-bond donors (Lipinski definition) is 2. The third-order valence-electron chi connectivity index (χ3n) is 5.79. The first kappa shape index (κ1) is 27.9. The van der Waals surface area contributed by atoms with Gasteiger partial charge >= 0.3 is 0 Å². The molecule has 0 aliphatic carbocycles. The lowest BCUT2D eigenvalue weighted by Gasteiger charge is -2.26. The number of amides is 2. The van der Waals surface area contributed by atoms with Gasteiger partial charge in [-0.2, -0.15) is 0 Å². The Morgan fingerprint density at radius 2 is 1.59 bits per heavy atom.